The molecule has 2 heterocycles. The number of phenolic OH excluding ortho intramolecular Hbond substituents is 2. The molecular weight excluding hydrogens is 560 g/mol. The van der Waals surface area contributed by atoms with Gasteiger partial charge in [0.05, 0.1) is 5.92 Å². The molecule has 2 aliphatic rings. The van der Waals surface area contributed by atoms with Crippen LogP contribution < -0.4 is 15.2 Å². The zero-order valence-electron chi connectivity index (χ0n) is 19.9. The summed E-state index contributed by atoms with van der Waals surface area (Å²) in [5.41, 5.74) is -0.679. The lowest BCUT2D eigenvalue weighted by molar-refractivity contribution is -0.545. The molecule has 1 aromatic carbocycles. The molecule has 0 bridgehead atoms. The summed E-state index contributed by atoms with van der Waals surface area (Å²) in [7, 11) is 0. The van der Waals surface area contributed by atoms with Crippen molar-refractivity contribution in [1.82, 2.24) is 4.90 Å². The standard InChI is InChI=1S/C19H28N2O19/c20-18(34,35)39-13-11(24)9-5(10(23)12(13)40-19(36,37)38)1-2-21-4-6(8(22)3-7(9)21)14(25,26)15(27,16(28,29)30)17(31,32)33/h6-7,23-38H,1-4,20H2. The number of hydrogen-bond donors (Lipinski definition) is 17. The first-order chi connectivity index (χ1) is 17.7. The molecule has 18 N–H and O–H groups in total. The molecule has 3 rings (SSSR count). The van der Waals surface area contributed by atoms with Crippen LogP contribution >= 0.6 is 0 Å². The fourth-order valence-corrected chi connectivity index (χ4v) is 4.87. The van der Waals surface area contributed by atoms with Crippen LogP contribution in [0.15, 0.2) is 0 Å². The Morgan fingerprint density at radius 2 is 1.27 bits per heavy atom. The Morgan fingerprint density at radius 1 is 0.775 bits per heavy atom. The first kappa shape index (κ1) is 32.0. The molecule has 1 saturated heterocycles. The number of nitrogens with two attached hydrogens (primary N) is 1. The van der Waals surface area contributed by atoms with E-state index in [9.17, 15) is 86.5 Å². The van der Waals surface area contributed by atoms with Gasteiger partial charge in [0, 0.05) is 36.7 Å². The van der Waals surface area contributed by atoms with Gasteiger partial charge in [-0.3, -0.25) is 9.69 Å². The van der Waals surface area contributed by atoms with Crippen LogP contribution in [0.5, 0.6) is 23.0 Å². The molecular formula is C19H28N2O19. The van der Waals surface area contributed by atoms with Crippen LogP contribution in [-0.2, 0) is 11.2 Å². The molecule has 21 heteroatoms. The lowest BCUT2D eigenvalue weighted by Gasteiger charge is -2.52. The number of phenols is 2. The first-order valence-electron chi connectivity index (χ1n) is 10.9. The topological polar surface area (TPSA) is 388 Å². The van der Waals surface area contributed by atoms with Crippen LogP contribution in [0.2, 0.25) is 0 Å². The van der Waals surface area contributed by atoms with Crippen molar-refractivity contribution < 1.29 is 96.0 Å². The van der Waals surface area contributed by atoms with Gasteiger partial charge in [-0.1, -0.05) is 0 Å². The van der Waals surface area contributed by atoms with Crippen LogP contribution in [-0.4, -0.2) is 141 Å². The van der Waals surface area contributed by atoms with Crippen LogP contribution in [0.4, 0.5) is 0 Å². The Labute approximate surface area is 220 Å². The van der Waals surface area contributed by atoms with Gasteiger partial charge in [0.15, 0.2) is 11.5 Å². The maximum absolute atomic E-state index is 13.0. The normalized spacial score (nSPS) is 21.6. The molecule has 1 fully saturated rings. The number of carbonyl (C=O) groups excluding carboxylic acids is 1. The number of fused-ring (bicyclic) bond motifs is 3. The minimum atomic E-state index is -4.85. The van der Waals surface area contributed by atoms with E-state index >= 15 is 0 Å². The second kappa shape index (κ2) is 9.50. The molecule has 2 atom stereocenters. The smallest absolute Gasteiger partial charge is 0.453 e. The van der Waals surface area contributed by atoms with E-state index in [0.717, 1.165) is 4.90 Å². The van der Waals surface area contributed by atoms with Crippen molar-refractivity contribution in [3.8, 4) is 23.0 Å². The third kappa shape index (κ3) is 5.26. The minimum absolute atomic E-state index is 0.295. The number of ketones is 1. The highest BCUT2D eigenvalue weighted by Crippen LogP contribution is 2.56. The Balaban J connectivity index is 2.13. The van der Waals surface area contributed by atoms with Crippen molar-refractivity contribution in [2.45, 2.75) is 54.5 Å². The van der Waals surface area contributed by atoms with E-state index in [4.69, 9.17) is 5.73 Å². The number of aliphatic hydroxyl groups is 14. The number of ether oxygens (including phenoxy) is 2. The summed E-state index contributed by atoms with van der Waals surface area (Å²) in [4.78, 5) is 14.1. The third-order valence-electron chi connectivity index (χ3n) is 6.61. The van der Waals surface area contributed by atoms with Gasteiger partial charge in [0.1, 0.15) is 5.78 Å². The van der Waals surface area contributed by atoms with Crippen molar-refractivity contribution in [1.29, 1.82) is 0 Å². The van der Waals surface area contributed by atoms with Gasteiger partial charge < -0.3 is 91.2 Å². The summed E-state index contributed by atoms with van der Waals surface area (Å²) < 4.78 is 8.81. The average molecular weight is 588 g/mol. The zero-order chi connectivity index (χ0) is 31.0. The molecule has 2 aliphatic heterocycles. The fourth-order valence-electron chi connectivity index (χ4n) is 4.87. The number of carbonyl (C=O) groups is 1. The number of hydrogen-bond acceptors (Lipinski definition) is 21. The summed E-state index contributed by atoms with van der Waals surface area (Å²) in [6.07, 6.45) is -8.94. The molecule has 1 aromatic rings. The number of rotatable bonds is 8. The molecule has 0 spiro atoms. The molecule has 0 saturated carbocycles. The third-order valence-corrected chi connectivity index (χ3v) is 6.61. The molecule has 40 heavy (non-hydrogen) atoms. The van der Waals surface area contributed by atoms with E-state index in [1.165, 1.54) is 0 Å². The Hall–Kier alpha value is -2.55. The number of aromatic hydroxyl groups is 2. The lowest BCUT2D eigenvalue weighted by Crippen LogP contribution is -2.81. The van der Waals surface area contributed by atoms with E-state index in [0.29, 0.717) is 0 Å². The van der Waals surface area contributed by atoms with Crippen LogP contribution in [0.25, 0.3) is 0 Å². The quantitative estimate of drug-likeness (QED) is 0.0989. The highest BCUT2D eigenvalue weighted by molar-refractivity contribution is 5.85. The van der Waals surface area contributed by atoms with Crippen LogP contribution in [0, 0.1) is 5.92 Å². The summed E-state index contributed by atoms with van der Waals surface area (Å²) in [6, 6.07) is -1.39. The predicted molar refractivity (Wildman–Crippen MR) is 114 cm³/mol. The maximum atomic E-state index is 13.0. The van der Waals surface area contributed by atoms with Gasteiger partial charge in [-0.15, -0.1) is 0 Å². The van der Waals surface area contributed by atoms with Crippen molar-refractivity contribution in [2.75, 3.05) is 13.1 Å². The van der Waals surface area contributed by atoms with Crippen LogP contribution in [0.3, 0.4) is 0 Å². The monoisotopic (exact) mass is 588 g/mol. The van der Waals surface area contributed by atoms with Gasteiger partial charge >= 0.3 is 24.2 Å². The summed E-state index contributed by atoms with van der Waals surface area (Å²) >= 11 is 0. The van der Waals surface area contributed by atoms with E-state index in [1.54, 1.807) is 0 Å². The predicted octanol–water partition coefficient (Wildman–Crippen LogP) is -8.84. The number of Topliss-reactive ketones (excluding diaryl/α,β-unsaturated/α-hetero) is 1. The van der Waals surface area contributed by atoms with E-state index < -0.39 is 94.9 Å². The van der Waals surface area contributed by atoms with Gasteiger partial charge in [-0.05, 0) is 6.42 Å². The first-order valence-corrected chi connectivity index (χ1v) is 10.9. The Kier molecular flexibility index (Phi) is 7.59. The largest absolute Gasteiger partial charge is 0.504 e. The van der Waals surface area contributed by atoms with E-state index in [1.807, 2.05) is 0 Å². The number of piperidine rings is 1. The molecule has 0 aromatic heterocycles. The Morgan fingerprint density at radius 3 is 1.73 bits per heavy atom. The van der Waals surface area contributed by atoms with Gasteiger partial charge in [0.25, 0.3) is 5.60 Å². The summed E-state index contributed by atoms with van der Waals surface area (Å²) in [5, 5.41) is 156. The van der Waals surface area contributed by atoms with Crippen molar-refractivity contribution >= 4 is 5.78 Å². The fraction of sp³-hybridized carbons (Fsp3) is 0.632. The van der Waals surface area contributed by atoms with Crippen LogP contribution in [0.1, 0.15) is 23.6 Å². The van der Waals surface area contributed by atoms with Gasteiger partial charge in [-0.2, -0.15) is 0 Å². The molecule has 2 unspecified atom stereocenters. The Bertz CT molecular complexity index is 1140. The van der Waals surface area contributed by atoms with Crippen molar-refractivity contribution in [2.24, 2.45) is 11.7 Å². The lowest BCUT2D eigenvalue weighted by atomic mass is 9.72. The maximum Gasteiger partial charge on any atom is 0.453 e. The second-order valence-corrected chi connectivity index (χ2v) is 9.38. The molecule has 21 nitrogen and oxygen atoms in total. The highest BCUT2D eigenvalue weighted by Gasteiger charge is 2.76. The van der Waals surface area contributed by atoms with Crippen molar-refractivity contribution in [3.05, 3.63) is 11.1 Å². The van der Waals surface area contributed by atoms with E-state index in [-0.39, 0.29) is 18.5 Å². The molecule has 0 radical (unpaired) electrons. The molecule has 0 amide bonds. The van der Waals surface area contributed by atoms with Crippen molar-refractivity contribution in [3.63, 3.8) is 0 Å². The van der Waals surface area contributed by atoms with Gasteiger partial charge in [0.2, 0.25) is 17.3 Å². The number of nitrogens with zero attached hydrogens (tertiary/aromatic N) is 1. The average Bonchev–Trinajstić information content (AvgIpc) is 2.74. The zero-order valence-corrected chi connectivity index (χ0v) is 19.9. The number of benzene rings is 1. The molecule has 0 aliphatic carbocycles. The summed E-state index contributed by atoms with van der Waals surface area (Å²) in [6.45, 7) is -1.25. The molecule has 228 valence electrons. The highest BCUT2D eigenvalue weighted by atomic mass is 16.9. The van der Waals surface area contributed by atoms with Gasteiger partial charge in [-0.25, -0.2) is 5.73 Å². The minimum Gasteiger partial charge on any atom is -0.504 e. The van der Waals surface area contributed by atoms with E-state index in [2.05, 4.69) is 9.47 Å². The second-order valence-electron chi connectivity index (χ2n) is 9.38. The summed E-state index contributed by atoms with van der Waals surface area (Å²) in [5.74, 6) is -22.7. The SMILES string of the molecule is NC(O)(O)Oc1c(O)c2c(c(O)c1OC(O)(O)O)CCN1CC(C(O)(O)C(O)(C(O)(O)O)C(O)(O)O)C(=O)CC21.